The van der Waals surface area contributed by atoms with Crippen LogP contribution in [0, 0.1) is 23.7 Å². The molecule has 0 spiro atoms. The summed E-state index contributed by atoms with van der Waals surface area (Å²) in [6.45, 7) is 13.2. The zero-order valence-corrected chi connectivity index (χ0v) is 31.5. The van der Waals surface area contributed by atoms with Gasteiger partial charge in [-0.2, -0.15) is 0 Å². The second-order valence-electron chi connectivity index (χ2n) is 15.4. The first kappa shape index (κ1) is 41.4. The number of carbonyl (C=O) groups is 4. The van der Waals surface area contributed by atoms with Gasteiger partial charge >= 0.3 is 6.09 Å². The minimum atomic E-state index is -1.07. The Morgan fingerprint density at radius 1 is 1.00 bits per heavy atom. The van der Waals surface area contributed by atoms with Crippen molar-refractivity contribution in [3.8, 4) is 0 Å². The topological polar surface area (TPSA) is 187 Å². The Morgan fingerprint density at radius 3 is 2.31 bits per heavy atom. The number of aromatic nitrogens is 3. The molecule has 284 valence electrons. The number of aliphatic hydroxyl groups is 1. The van der Waals surface area contributed by atoms with Crippen LogP contribution < -0.4 is 21.3 Å². The summed E-state index contributed by atoms with van der Waals surface area (Å²) < 4.78 is 5.45. The van der Waals surface area contributed by atoms with Crippen molar-refractivity contribution in [1.82, 2.24) is 36.2 Å². The van der Waals surface area contributed by atoms with Crippen molar-refractivity contribution in [2.75, 3.05) is 0 Å². The molecule has 51 heavy (non-hydrogen) atoms. The molecule has 0 aromatic carbocycles. The number of amides is 4. The van der Waals surface area contributed by atoms with Gasteiger partial charge in [-0.1, -0.05) is 72.3 Å². The molecule has 6 atom stereocenters. The van der Waals surface area contributed by atoms with Gasteiger partial charge in [0, 0.05) is 30.4 Å². The van der Waals surface area contributed by atoms with Crippen LogP contribution >= 0.6 is 0 Å². The molecule has 0 radical (unpaired) electrons. The first-order valence-electron chi connectivity index (χ1n) is 18.6. The van der Waals surface area contributed by atoms with Crippen LogP contribution in [0.1, 0.15) is 111 Å². The van der Waals surface area contributed by atoms with Gasteiger partial charge in [-0.3, -0.25) is 19.4 Å². The lowest BCUT2D eigenvalue weighted by molar-refractivity contribution is -0.134. The molecule has 1 fully saturated rings. The van der Waals surface area contributed by atoms with Crippen LogP contribution in [0.2, 0.25) is 0 Å². The Kier molecular flexibility index (Phi) is 16.4. The molecule has 0 aliphatic heterocycles. The highest BCUT2D eigenvalue weighted by atomic mass is 16.6. The predicted molar refractivity (Wildman–Crippen MR) is 195 cm³/mol. The second kappa shape index (κ2) is 20.1. The van der Waals surface area contributed by atoms with Gasteiger partial charge in [-0.15, -0.1) is 0 Å². The van der Waals surface area contributed by atoms with Crippen molar-refractivity contribution in [1.29, 1.82) is 0 Å². The van der Waals surface area contributed by atoms with Crippen LogP contribution in [-0.2, 0) is 32.1 Å². The molecule has 2 unspecified atom stereocenters. The smallest absolute Gasteiger partial charge is 0.408 e. The van der Waals surface area contributed by atoms with E-state index in [1.807, 2.05) is 39.8 Å². The van der Waals surface area contributed by atoms with Gasteiger partial charge in [0.15, 0.2) is 0 Å². The lowest BCUT2D eigenvalue weighted by Gasteiger charge is -2.34. The summed E-state index contributed by atoms with van der Waals surface area (Å²) >= 11 is 0. The van der Waals surface area contributed by atoms with Gasteiger partial charge in [0.1, 0.15) is 17.7 Å². The Hall–Kier alpha value is -4.00. The van der Waals surface area contributed by atoms with Crippen molar-refractivity contribution >= 4 is 23.8 Å². The van der Waals surface area contributed by atoms with E-state index in [1.165, 1.54) is 6.33 Å². The first-order chi connectivity index (χ1) is 24.2. The number of pyridine rings is 1. The Labute approximate surface area is 303 Å². The first-order valence-corrected chi connectivity index (χ1v) is 18.6. The monoisotopic (exact) mass is 711 g/mol. The van der Waals surface area contributed by atoms with Crippen LogP contribution in [0.5, 0.6) is 0 Å². The van der Waals surface area contributed by atoms with Crippen molar-refractivity contribution in [2.45, 2.75) is 143 Å². The van der Waals surface area contributed by atoms with E-state index in [1.54, 1.807) is 39.2 Å². The van der Waals surface area contributed by atoms with Gasteiger partial charge in [-0.05, 0) is 63.5 Å². The van der Waals surface area contributed by atoms with Crippen molar-refractivity contribution < 1.29 is 29.0 Å². The van der Waals surface area contributed by atoms with Crippen LogP contribution in [-0.4, -0.2) is 73.7 Å². The van der Waals surface area contributed by atoms with Gasteiger partial charge in [0.2, 0.25) is 17.7 Å². The maximum absolute atomic E-state index is 13.9. The molecule has 2 heterocycles. The van der Waals surface area contributed by atoms with E-state index >= 15 is 0 Å². The minimum absolute atomic E-state index is 0.0780. The Balaban J connectivity index is 1.78. The van der Waals surface area contributed by atoms with Crippen LogP contribution in [0.4, 0.5) is 4.79 Å². The number of rotatable bonds is 18. The summed E-state index contributed by atoms with van der Waals surface area (Å²) in [5.74, 6) is -1.74. The third kappa shape index (κ3) is 14.3. The van der Waals surface area contributed by atoms with E-state index in [9.17, 15) is 24.3 Å². The Morgan fingerprint density at radius 2 is 1.73 bits per heavy atom. The number of ether oxygens (including phenoxy) is 1. The van der Waals surface area contributed by atoms with E-state index < -0.39 is 47.7 Å². The number of aliphatic hydroxyl groups excluding tert-OH is 1. The summed E-state index contributed by atoms with van der Waals surface area (Å²) in [4.78, 5) is 65.3. The van der Waals surface area contributed by atoms with Crippen LogP contribution in [0.3, 0.4) is 0 Å². The number of nitrogens with one attached hydrogen (secondary N) is 5. The third-order valence-electron chi connectivity index (χ3n) is 9.69. The maximum atomic E-state index is 13.9. The van der Waals surface area contributed by atoms with Gasteiger partial charge < -0.3 is 36.1 Å². The van der Waals surface area contributed by atoms with Crippen LogP contribution in [0.15, 0.2) is 36.9 Å². The van der Waals surface area contributed by atoms with Crippen molar-refractivity contribution in [3.05, 3.63) is 48.3 Å². The number of H-pyrrole nitrogens is 1. The molecular formula is C38H61N7O6. The van der Waals surface area contributed by atoms with E-state index in [0.29, 0.717) is 30.1 Å². The summed E-state index contributed by atoms with van der Waals surface area (Å²) in [7, 11) is 0. The number of nitrogens with zero attached hydrogens (tertiary/aromatic N) is 2. The largest absolute Gasteiger partial charge is 0.444 e. The molecule has 3 rings (SSSR count). The fourth-order valence-corrected chi connectivity index (χ4v) is 6.51. The number of carbonyl (C=O) groups excluding carboxylic acids is 4. The standard InChI is InChI=1S/C38H61N7O6/c1-8-25(4)33(36(49)41-22-27-16-12-13-17-40-27)45-34(47)29(24(2)3)20-32(46)30(18-26-14-10-9-11-15-26)43-35(48)31(19-28-21-39-23-42-28)44-37(50)51-38(5,6)7/h12-13,16-17,21,23-26,29-33,46H,8-11,14-15,18-20,22H2,1-7H3,(H,39,42)(H,41,49)(H,43,48)(H,44,50)(H,45,47)/t25?,29-,30-,31?,32-,33-/m0/s1. The number of hydrogen-bond acceptors (Lipinski definition) is 8. The van der Waals surface area contributed by atoms with Crippen LogP contribution in [0.25, 0.3) is 0 Å². The number of alkyl carbamates (subject to hydrolysis) is 1. The van der Waals surface area contributed by atoms with Gasteiger partial charge in [-0.25, -0.2) is 9.78 Å². The van der Waals surface area contributed by atoms with Crippen molar-refractivity contribution in [2.24, 2.45) is 23.7 Å². The molecule has 4 amide bonds. The zero-order valence-electron chi connectivity index (χ0n) is 31.5. The molecule has 13 heteroatoms. The summed E-state index contributed by atoms with van der Waals surface area (Å²) in [5.41, 5.74) is 0.591. The highest BCUT2D eigenvalue weighted by Crippen LogP contribution is 2.30. The predicted octanol–water partition coefficient (Wildman–Crippen LogP) is 4.57. The molecule has 2 aromatic rings. The molecule has 1 saturated carbocycles. The average Bonchev–Trinajstić information content (AvgIpc) is 3.60. The van der Waals surface area contributed by atoms with E-state index in [-0.39, 0.29) is 43.0 Å². The summed E-state index contributed by atoms with van der Waals surface area (Å²) in [6, 6.07) is 3.02. The maximum Gasteiger partial charge on any atom is 0.408 e. The number of hydrogen-bond donors (Lipinski definition) is 6. The molecule has 2 aromatic heterocycles. The normalized spacial score (nSPS) is 17.4. The molecule has 6 N–H and O–H groups in total. The number of aromatic amines is 1. The molecular weight excluding hydrogens is 650 g/mol. The Bertz CT molecular complexity index is 1360. The fraction of sp³-hybridized carbons (Fsp3) is 0.684. The van der Waals surface area contributed by atoms with Gasteiger partial charge in [0.05, 0.1) is 30.7 Å². The highest BCUT2D eigenvalue weighted by molar-refractivity contribution is 5.89. The lowest BCUT2D eigenvalue weighted by Crippen LogP contribution is -2.55. The lowest BCUT2D eigenvalue weighted by atomic mass is 9.81. The van der Waals surface area contributed by atoms with E-state index in [0.717, 1.165) is 32.1 Å². The molecule has 1 aliphatic carbocycles. The van der Waals surface area contributed by atoms with E-state index in [2.05, 4.69) is 36.2 Å². The molecule has 1 aliphatic rings. The molecule has 0 bridgehead atoms. The van der Waals surface area contributed by atoms with Gasteiger partial charge in [0.25, 0.3) is 0 Å². The zero-order chi connectivity index (χ0) is 37.6. The average molecular weight is 712 g/mol. The van der Waals surface area contributed by atoms with Crippen molar-refractivity contribution in [3.63, 3.8) is 0 Å². The second-order valence-corrected chi connectivity index (χ2v) is 15.4. The third-order valence-corrected chi connectivity index (χ3v) is 9.69. The fourth-order valence-electron chi connectivity index (χ4n) is 6.51. The summed E-state index contributed by atoms with van der Waals surface area (Å²) in [6.07, 6.45) is 9.67. The van der Waals surface area contributed by atoms with E-state index in [4.69, 9.17) is 4.74 Å². The quantitative estimate of drug-likeness (QED) is 0.130. The SMILES string of the molecule is CCC(C)[C@H](NC(=O)[C@@H](C[C@H](O)[C@H](CC1CCCCC1)NC(=O)C(Cc1cnc[nH]1)NC(=O)OC(C)(C)C)C(C)C)C(=O)NCc1ccccn1. The number of imidazole rings is 1. The molecule has 13 nitrogen and oxygen atoms in total. The minimum Gasteiger partial charge on any atom is -0.444 e. The molecule has 0 saturated heterocycles. The highest BCUT2D eigenvalue weighted by Gasteiger charge is 2.36. The summed E-state index contributed by atoms with van der Waals surface area (Å²) in [5, 5.41) is 23.5.